The van der Waals surface area contributed by atoms with Gasteiger partial charge in [0.15, 0.2) is 0 Å². The van der Waals surface area contributed by atoms with Gasteiger partial charge < -0.3 is 0 Å². The van der Waals surface area contributed by atoms with Crippen molar-refractivity contribution in [2.45, 2.75) is 6.42 Å². The van der Waals surface area contributed by atoms with E-state index in [0.717, 1.165) is 13.0 Å². The number of rotatable bonds is 0. The molecule has 0 bridgehead atoms. The molecule has 9 heavy (non-hydrogen) atoms. The fourth-order valence-corrected chi connectivity index (χ4v) is 1.61. The van der Waals surface area contributed by atoms with E-state index in [2.05, 4.69) is 9.98 Å². The monoisotopic (exact) mass is 138 g/mol. The molecular formula is C6H6N2S. The summed E-state index contributed by atoms with van der Waals surface area (Å²) in [5, 5.41) is 0. The third-order valence-electron chi connectivity index (χ3n) is 1.36. The highest BCUT2D eigenvalue weighted by Gasteiger charge is 2.05. The van der Waals surface area contributed by atoms with E-state index in [1.54, 1.807) is 11.3 Å². The zero-order valence-electron chi connectivity index (χ0n) is 4.87. The summed E-state index contributed by atoms with van der Waals surface area (Å²) in [5.41, 5.74) is 3.09. The number of hydrogen-bond acceptors (Lipinski definition) is 3. The van der Waals surface area contributed by atoms with Gasteiger partial charge in [0.1, 0.15) is 0 Å². The summed E-state index contributed by atoms with van der Waals surface area (Å²) in [6, 6.07) is 0. The van der Waals surface area contributed by atoms with E-state index in [-0.39, 0.29) is 0 Å². The molecule has 1 aromatic heterocycles. The van der Waals surface area contributed by atoms with E-state index >= 15 is 0 Å². The number of hydrogen-bond donors (Lipinski definition) is 0. The van der Waals surface area contributed by atoms with Crippen LogP contribution in [-0.2, 0) is 6.42 Å². The second-order valence-electron chi connectivity index (χ2n) is 1.95. The zero-order valence-corrected chi connectivity index (χ0v) is 5.69. The van der Waals surface area contributed by atoms with Crippen molar-refractivity contribution in [2.75, 3.05) is 6.54 Å². The molecule has 46 valence electrons. The van der Waals surface area contributed by atoms with Crippen LogP contribution in [0.1, 0.15) is 10.6 Å². The standard InChI is InChI=1S/C6H6N2S/c1-2-7-3-6-5(1)8-4-9-6/h3-4H,1-2H2. The maximum absolute atomic E-state index is 4.18. The van der Waals surface area contributed by atoms with Crippen LogP contribution in [0.5, 0.6) is 0 Å². The summed E-state index contributed by atoms with van der Waals surface area (Å²) in [5.74, 6) is 0. The van der Waals surface area contributed by atoms with Gasteiger partial charge in [-0.3, -0.25) is 4.99 Å². The Hall–Kier alpha value is -0.700. The number of nitrogens with zero attached hydrogens (tertiary/aromatic N) is 2. The molecule has 0 atom stereocenters. The third kappa shape index (κ3) is 0.772. The number of thiazole rings is 1. The Kier molecular flexibility index (Phi) is 1.09. The lowest BCUT2D eigenvalue weighted by atomic mass is 10.2. The van der Waals surface area contributed by atoms with Gasteiger partial charge in [0.05, 0.1) is 16.1 Å². The van der Waals surface area contributed by atoms with Crippen LogP contribution in [0.15, 0.2) is 10.5 Å². The zero-order chi connectivity index (χ0) is 6.10. The molecule has 2 rings (SSSR count). The normalized spacial score (nSPS) is 15.6. The van der Waals surface area contributed by atoms with Gasteiger partial charge in [0.2, 0.25) is 0 Å². The van der Waals surface area contributed by atoms with Crippen molar-refractivity contribution in [3.8, 4) is 0 Å². The first-order chi connectivity index (χ1) is 4.47. The molecule has 0 saturated carbocycles. The third-order valence-corrected chi connectivity index (χ3v) is 2.16. The molecule has 0 amide bonds. The van der Waals surface area contributed by atoms with Crippen LogP contribution < -0.4 is 0 Å². The summed E-state index contributed by atoms with van der Waals surface area (Å²) < 4.78 is 0. The van der Waals surface area contributed by atoms with Crippen LogP contribution >= 0.6 is 11.3 Å². The minimum absolute atomic E-state index is 0.913. The van der Waals surface area contributed by atoms with Crippen molar-refractivity contribution < 1.29 is 0 Å². The number of aliphatic imine (C=N–C) groups is 1. The van der Waals surface area contributed by atoms with Crippen LogP contribution in [0.25, 0.3) is 0 Å². The van der Waals surface area contributed by atoms with Crippen LogP contribution in [-0.4, -0.2) is 17.7 Å². The highest BCUT2D eigenvalue weighted by molar-refractivity contribution is 7.11. The Labute approximate surface area is 57.3 Å². The first kappa shape index (κ1) is 5.11. The molecule has 0 aliphatic carbocycles. The first-order valence-corrected chi connectivity index (χ1v) is 3.77. The minimum Gasteiger partial charge on any atom is -0.291 e. The number of fused-ring (bicyclic) bond motifs is 1. The summed E-state index contributed by atoms with van der Waals surface area (Å²) in [4.78, 5) is 9.56. The number of aromatic nitrogens is 1. The van der Waals surface area contributed by atoms with E-state index in [4.69, 9.17) is 0 Å². The van der Waals surface area contributed by atoms with E-state index in [0.29, 0.717) is 0 Å². The van der Waals surface area contributed by atoms with Gasteiger partial charge >= 0.3 is 0 Å². The lowest BCUT2D eigenvalue weighted by molar-refractivity contribution is 0.922. The lowest BCUT2D eigenvalue weighted by Crippen LogP contribution is -1.99. The van der Waals surface area contributed by atoms with E-state index in [1.807, 2.05) is 11.7 Å². The van der Waals surface area contributed by atoms with Crippen molar-refractivity contribution in [1.82, 2.24) is 4.98 Å². The van der Waals surface area contributed by atoms with Crippen LogP contribution in [0.2, 0.25) is 0 Å². The largest absolute Gasteiger partial charge is 0.291 e. The van der Waals surface area contributed by atoms with Gasteiger partial charge in [-0.05, 0) is 0 Å². The summed E-state index contributed by atoms with van der Waals surface area (Å²) in [7, 11) is 0. The average Bonchev–Trinajstić information content (AvgIpc) is 2.33. The molecule has 2 heterocycles. The molecule has 3 heteroatoms. The summed E-state index contributed by atoms with van der Waals surface area (Å²) in [6.45, 7) is 0.913. The molecule has 0 fully saturated rings. The van der Waals surface area contributed by atoms with Crippen LogP contribution in [0.4, 0.5) is 0 Å². The van der Waals surface area contributed by atoms with Crippen LogP contribution in [0, 0.1) is 0 Å². The van der Waals surface area contributed by atoms with Crippen molar-refractivity contribution in [1.29, 1.82) is 0 Å². The van der Waals surface area contributed by atoms with Gasteiger partial charge in [-0.1, -0.05) is 0 Å². The molecule has 1 aliphatic heterocycles. The van der Waals surface area contributed by atoms with Crippen molar-refractivity contribution >= 4 is 17.6 Å². The maximum Gasteiger partial charge on any atom is 0.0801 e. The van der Waals surface area contributed by atoms with E-state index in [9.17, 15) is 0 Å². The summed E-state index contributed by atoms with van der Waals surface area (Å²) in [6.07, 6.45) is 2.94. The van der Waals surface area contributed by atoms with E-state index in [1.165, 1.54) is 10.6 Å². The fraction of sp³-hybridized carbons (Fsp3) is 0.333. The highest BCUT2D eigenvalue weighted by atomic mass is 32.1. The quantitative estimate of drug-likeness (QED) is 0.527. The average molecular weight is 138 g/mol. The molecule has 2 nitrogen and oxygen atoms in total. The molecule has 0 spiro atoms. The van der Waals surface area contributed by atoms with Gasteiger partial charge in [-0.25, -0.2) is 4.98 Å². The lowest BCUT2D eigenvalue weighted by Gasteiger charge is -1.99. The van der Waals surface area contributed by atoms with Gasteiger partial charge in [-0.2, -0.15) is 0 Å². The van der Waals surface area contributed by atoms with Crippen molar-refractivity contribution in [3.63, 3.8) is 0 Å². The molecule has 0 N–H and O–H groups in total. The Morgan fingerprint density at radius 2 is 2.56 bits per heavy atom. The smallest absolute Gasteiger partial charge is 0.0801 e. The predicted octanol–water partition coefficient (Wildman–Crippen LogP) is 1.12. The molecule has 1 aromatic rings. The van der Waals surface area contributed by atoms with Gasteiger partial charge in [0, 0.05) is 19.2 Å². The van der Waals surface area contributed by atoms with E-state index < -0.39 is 0 Å². The molecular weight excluding hydrogens is 132 g/mol. The first-order valence-electron chi connectivity index (χ1n) is 2.89. The molecule has 0 radical (unpaired) electrons. The molecule has 1 aliphatic rings. The topological polar surface area (TPSA) is 25.2 Å². The predicted molar refractivity (Wildman–Crippen MR) is 38.3 cm³/mol. The Balaban J connectivity index is 2.53. The van der Waals surface area contributed by atoms with Gasteiger partial charge in [-0.15, -0.1) is 11.3 Å². The van der Waals surface area contributed by atoms with Crippen molar-refractivity contribution in [2.24, 2.45) is 4.99 Å². The maximum atomic E-state index is 4.18. The molecule has 0 saturated heterocycles. The molecule has 0 aromatic carbocycles. The minimum atomic E-state index is 0.913. The Bertz CT molecular complexity index is 239. The van der Waals surface area contributed by atoms with Crippen LogP contribution in [0.3, 0.4) is 0 Å². The Morgan fingerprint density at radius 1 is 1.56 bits per heavy atom. The second-order valence-corrected chi connectivity index (χ2v) is 2.83. The van der Waals surface area contributed by atoms with Gasteiger partial charge in [0.25, 0.3) is 0 Å². The SMILES string of the molecule is C1=NCCc2ncsc21. The summed E-state index contributed by atoms with van der Waals surface area (Å²) >= 11 is 1.66. The molecule has 0 unspecified atom stereocenters. The van der Waals surface area contributed by atoms with Crippen molar-refractivity contribution in [3.05, 3.63) is 16.1 Å². The second kappa shape index (κ2) is 1.92. The highest BCUT2D eigenvalue weighted by Crippen LogP contribution is 2.13. The fourth-order valence-electron chi connectivity index (χ4n) is 0.889. The Morgan fingerprint density at radius 3 is 3.44 bits per heavy atom.